The van der Waals surface area contributed by atoms with Crippen LogP contribution in [0.25, 0.3) is 0 Å². The number of piperidine rings is 1. The van der Waals surface area contributed by atoms with E-state index in [1.807, 2.05) is 6.07 Å². The Labute approximate surface area is 157 Å². The zero-order chi connectivity index (χ0) is 19.4. The summed E-state index contributed by atoms with van der Waals surface area (Å²) in [4.78, 5) is 52.6. The lowest BCUT2D eigenvalue weighted by Crippen LogP contribution is -2.63. The van der Waals surface area contributed by atoms with Crippen LogP contribution in [-0.2, 0) is 14.4 Å². The number of amides is 4. The van der Waals surface area contributed by atoms with Gasteiger partial charge in [0.15, 0.2) is 0 Å². The predicted molar refractivity (Wildman–Crippen MR) is 97.7 cm³/mol. The average Bonchev–Trinajstić information content (AvgIpc) is 2.69. The van der Waals surface area contributed by atoms with E-state index in [4.69, 9.17) is 0 Å². The molecule has 2 saturated heterocycles. The number of hydrogen-bond donors (Lipinski definition) is 2. The Morgan fingerprint density at radius 3 is 2.56 bits per heavy atom. The first-order valence-corrected chi connectivity index (χ1v) is 9.17. The number of carbonyl (C=O) groups excluding carboxylic acids is 4. The minimum absolute atomic E-state index is 0.119. The number of carbonyl (C=O) groups is 4. The van der Waals surface area contributed by atoms with Gasteiger partial charge in [0.25, 0.3) is 5.91 Å². The third-order valence-electron chi connectivity index (χ3n) is 5.01. The molecule has 2 N–H and O–H groups in total. The first-order chi connectivity index (χ1) is 13.0. The van der Waals surface area contributed by atoms with Crippen LogP contribution in [0.1, 0.15) is 30.1 Å². The van der Waals surface area contributed by atoms with Crippen molar-refractivity contribution in [3.63, 3.8) is 0 Å². The van der Waals surface area contributed by atoms with Gasteiger partial charge < -0.3 is 20.4 Å². The van der Waals surface area contributed by atoms with Crippen molar-refractivity contribution in [2.24, 2.45) is 0 Å². The zero-order valence-electron chi connectivity index (χ0n) is 15.3. The molecule has 2 atom stereocenters. The van der Waals surface area contributed by atoms with Crippen molar-refractivity contribution in [1.29, 1.82) is 0 Å². The number of hydrogen-bond acceptors (Lipinski definition) is 4. The molecule has 0 aliphatic carbocycles. The fourth-order valence-corrected chi connectivity index (χ4v) is 3.46. The summed E-state index contributed by atoms with van der Waals surface area (Å²) >= 11 is 0. The van der Waals surface area contributed by atoms with Crippen LogP contribution in [0, 0.1) is 0 Å². The molecule has 0 saturated carbocycles. The molecule has 2 heterocycles. The maximum Gasteiger partial charge on any atom is 0.254 e. The summed E-state index contributed by atoms with van der Waals surface area (Å²) in [5.41, 5.74) is 0.488. The van der Waals surface area contributed by atoms with Gasteiger partial charge in [-0.05, 0) is 25.0 Å². The van der Waals surface area contributed by atoms with E-state index < -0.39 is 18.0 Å². The topological polar surface area (TPSA) is 98.8 Å². The summed E-state index contributed by atoms with van der Waals surface area (Å²) < 4.78 is 0. The van der Waals surface area contributed by atoms with Crippen molar-refractivity contribution in [3.05, 3.63) is 35.9 Å². The fourth-order valence-electron chi connectivity index (χ4n) is 3.46. The second kappa shape index (κ2) is 8.20. The summed E-state index contributed by atoms with van der Waals surface area (Å²) in [6, 6.07) is 7.31. The van der Waals surface area contributed by atoms with Gasteiger partial charge in [0.1, 0.15) is 12.1 Å². The minimum atomic E-state index is -0.829. The smallest absolute Gasteiger partial charge is 0.254 e. The van der Waals surface area contributed by atoms with Crippen LogP contribution < -0.4 is 10.6 Å². The van der Waals surface area contributed by atoms with E-state index in [9.17, 15) is 19.2 Å². The summed E-state index contributed by atoms with van der Waals surface area (Å²) in [7, 11) is 0. The molecule has 144 valence electrons. The molecule has 2 fully saturated rings. The van der Waals surface area contributed by atoms with Crippen molar-refractivity contribution in [2.45, 2.75) is 31.8 Å². The van der Waals surface area contributed by atoms with E-state index in [0.29, 0.717) is 25.1 Å². The van der Waals surface area contributed by atoms with Crippen LogP contribution in [0.3, 0.4) is 0 Å². The van der Waals surface area contributed by atoms with E-state index in [-0.39, 0.29) is 30.8 Å². The van der Waals surface area contributed by atoms with Crippen molar-refractivity contribution < 1.29 is 19.2 Å². The van der Waals surface area contributed by atoms with Crippen LogP contribution >= 0.6 is 0 Å². The van der Waals surface area contributed by atoms with Crippen LogP contribution in [-0.4, -0.2) is 71.7 Å². The predicted octanol–water partition coefficient (Wildman–Crippen LogP) is -0.246. The van der Waals surface area contributed by atoms with Gasteiger partial charge in [-0.15, -0.1) is 0 Å². The zero-order valence-corrected chi connectivity index (χ0v) is 15.3. The maximum absolute atomic E-state index is 12.9. The Hall–Kier alpha value is -2.90. The van der Waals surface area contributed by atoms with Crippen LogP contribution in [0.2, 0.25) is 0 Å². The number of nitrogens with zero attached hydrogens (tertiary/aromatic N) is 2. The van der Waals surface area contributed by atoms with E-state index in [1.54, 1.807) is 29.2 Å². The molecule has 8 heteroatoms. The van der Waals surface area contributed by atoms with E-state index in [2.05, 4.69) is 10.6 Å². The highest BCUT2D eigenvalue weighted by molar-refractivity contribution is 5.99. The molecule has 1 aromatic rings. The molecule has 0 spiro atoms. The second-order valence-corrected chi connectivity index (χ2v) is 6.84. The quantitative estimate of drug-likeness (QED) is 0.765. The molecule has 2 aliphatic rings. The molecule has 4 amide bonds. The summed E-state index contributed by atoms with van der Waals surface area (Å²) in [5.74, 6) is -1.02. The Kier molecular flexibility index (Phi) is 5.73. The van der Waals surface area contributed by atoms with Crippen LogP contribution in [0.4, 0.5) is 0 Å². The van der Waals surface area contributed by atoms with E-state index in [1.165, 1.54) is 11.8 Å². The van der Waals surface area contributed by atoms with Crippen molar-refractivity contribution in [1.82, 2.24) is 20.4 Å². The second-order valence-electron chi connectivity index (χ2n) is 6.84. The SMILES string of the molecule is CC(=O)N1CCN(C(=O)c2ccccc2)[C@H](C(=O)N[C@@H]2CCCNC2=O)C1. The number of piperazine rings is 1. The Morgan fingerprint density at radius 1 is 1.15 bits per heavy atom. The van der Waals surface area contributed by atoms with Gasteiger partial charge in [-0.3, -0.25) is 19.2 Å². The van der Waals surface area contributed by atoms with Crippen LogP contribution in [0.15, 0.2) is 30.3 Å². The van der Waals surface area contributed by atoms with Gasteiger partial charge in [0, 0.05) is 32.1 Å². The molecular formula is C19H24N4O4. The van der Waals surface area contributed by atoms with E-state index in [0.717, 1.165) is 6.42 Å². The molecule has 27 heavy (non-hydrogen) atoms. The van der Waals surface area contributed by atoms with Gasteiger partial charge in [0.2, 0.25) is 17.7 Å². The lowest BCUT2D eigenvalue weighted by atomic mass is 10.0. The third-order valence-corrected chi connectivity index (χ3v) is 5.01. The first-order valence-electron chi connectivity index (χ1n) is 9.17. The molecule has 0 bridgehead atoms. The average molecular weight is 372 g/mol. The monoisotopic (exact) mass is 372 g/mol. The summed E-state index contributed by atoms with van der Waals surface area (Å²) in [5, 5.41) is 5.48. The molecule has 0 radical (unpaired) electrons. The Morgan fingerprint density at radius 2 is 1.89 bits per heavy atom. The molecule has 0 aromatic heterocycles. The number of nitrogens with one attached hydrogen (secondary N) is 2. The van der Waals surface area contributed by atoms with Gasteiger partial charge in [-0.25, -0.2) is 0 Å². The largest absolute Gasteiger partial charge is 0.354 e. The molecule has 2 aliphatic heterocycles. The van der Waals surface area contributed by atoms with Crippen molar-refractivity contribution in [2.75, 3.05) is 26.2 Å². The lowest BCUT2D eigenvalue weighted by Gasteiger charge is -2.40. The van der Waals surface area contributed by atoms with E-state index >= 15 is 0 Å². The van der Waals surface area contributed by atoms with Gasteiger partial charge >= 0.3 is 0 Å². The minimum Gasteiger partial charge on any atom is -0.354 e. The molecule has 3 rings (SSSR count). The summed E-state index contributed by atoms with van der Waals surface area (Å²) in [6.07, 6.45) is 1.35. The normalized spacial score (nSPS) is 22.8. The molecular weight excluding hydrogens is 348 g/mol. The van der Waals surface area contributed by atoms with Gasteiger partial charge in [0.05, 0.1) is 6.54 Å². The summed E-state index contributed by atoms with van der Waals surface area (Å²) in [6.45, 7) is 2.81. The standard InChI is InChI=1S/C19H24N4O4/c1-13(24)22-10-11-23(19(27)14-6-3-2-4-7-14)16(12-22)18(26)21-15-8-5-9-20-17(15)25/h2-4,6-7,15-16H,5,8-12H2,1H3,(H,20,25)(H,21,26)/t15-,16+/m1/s1. The number of benzene rings is 1. The van der Waals surface area contributed by atoms with Crippen molar-refractivity contribution >= 4 is 23.6 Å². The fraction of sp³-hybridized carbons (Fsp3) is 0.474. The Balaban J connectivity index is 1.78. The van der Waals surface area contributed by atoms with Crippen molar-refractivity contribution in [3.8, 4) is 0 Å². The highest BCUT2D eigenvalue weighted by Gasteiger charge is 2.38. The first kappa shape index (κ1) is 18.9. The highest BCUT2D eigenvalue weighted by Crippen LogP contribution is 2.16. The molecule has 8 nitrogen and oxygen atoms in total. The van der Waals surface area contributed by atoms with Gasteiger partial charge in [-0.1, -0.05) is 18.2 Å². The lowest BCUT2D eigenvalue weighted by molar-refractivity contribution is -0.137. The maximum atomic E-state index is 12.9. The Bertz CT molecular complexity index is 736. The third kappa shape index (κ3) is 4.27. The molecule has 1 aromatic carbocycles. The number of rotatable bonds is 3. The van der Waals surface area contributed by atoms with Gasteiger partial charge in [-0.2, -0.15) is 0 Å². The molecule has 0 unspecified atom stereocenters. The highest BCUT2D eigenvalue weighted by atomic mass is 16.2. The van der Waals surface area contributed by atoms with Crippen LogP contribution in [0.5, 0.6) is 0 Å².